The lowest BCUT2D eigenvalue weighted by Gasteiger charge is -2.25. The Balaban J connectivity index is 2.14. The van der Waals surface area contributed by atoms with Gasteiger partial charge in [0.05, 0.1) is 5.69 Å². The van der Waals surface area contributed by atoms with Gasteiger partial charge in [0.25, 0.3) is 15.0 Å². The van der Waals surface area contributed by atoms with Crippen molar-refractivity contribution in [2.45, 2.75) is 31.1 Å². The standard InChI is InChI=1S/C10H14ClN3O3S/c1-6-9(18(11,16)17)8(14-13-6)10(15)12-5-7-3-2-4-7/h7H,2-5H2,1H3,(H,12,15)(H,13,14). The van der Waals surface area contributed by atoms with Crippen molar-refractivity contribution < 1.29 is 13.2 Å². The normalized spacial score (nSPS) is 16.3. The monoisotopic (exact) mass is 291 g/mol. The molecule has 1 heterocycles. The van der Waals surface area contributed by atoms with Crippen molar-refractivity contribution in [2.24, 2.45) is 5.92 Å². The molecule has 0 bridgehead atoms. The Morgan fingerprint density at radius 2 is 2.22 bits per heavy atom. The third-order valence-corrected chi connectivity index (χ3v) is 4.58. The lowest BCUT2D eigenvalue weighted by atomic mass is 9.85. The van der Waals surface area contributed by atoms with Crippen LogP contribution in [-0.4, -0.2) is 31.1 Å². The number of aryl methyl sites for hydroxylation is 1. The number of aromatic nitrogens is 2. The largest absolute Gasteiger partial charge is 0.350 e. The summed E-state index contributed by atoms with van der Waals surface area (Å²) in [6.45, 7) is 2.05. The Kier molecular flexibility index (Phi) is 3.63. The zero-order chi connectivity index (χ0) is 13.3. The zero-order valence-corrected chi connectivity index (χ0v) is 11.4. The number of carbonyl (C=O) groups excluding carboxylic acids is 1. The Morgan fingerprint density at radius 1 is 1.56 bits per heavy atom. The fraction of sp³-hybridized carbons (Fsp3) is 0.600. The molecule has 1 saturated carbocycles. The molecular formula is C10H14ClN3O3S. The van der Waals surface area contributed by atoms with E-state index in [9.17, 15) is 13.2 Å². The van der Waals surface area contributed by atoms with Crippen molar-refractivity contribution in [1.82, 2.24) is 15.5 Å². The number of aromatic amines is 1. The first-order valence-corrected chi connectivity index (χ1v) is 7.98. The molecule has 1 aromatic rings. The van der Waals surface area contributed by atoms with Crippen LogP contribution in [0.3, 0.4) is 0 Å². The van der Waals surface area contributed by atoms with E-state index < -0.39 is 15.0 Å². The van der Waals surface area contributed by atoms with Crippen LogP contribution in [0, 0.1) is 12.8 Å². The molecular weight excluding hydrogens is 278 g/mol. The van der Waals surface area contributed by atoms with E-state index in [0.29, 0.717) is 12.5 Å². The van der Waals surface area contributed by atoms with E-state index >= 15 is 0 Å². The summed E-state index contributed by atoms with van der Waals surface area (Å²) in [4.78, 5) is 11.6. The summed E-state index contributed by atoms with van der Waals surface area (Å²) in [5.41, 5.74) is 0.0978. The van der Waals surface area contributed by atoms with E-state index in [1.807, 2.05) is 0 Å². The van der Waals surface area contributed by atoms with Crippen LogP contribution in [0.25, 0.3) is 0 Å². The lowest BCUT2D eigenvalue weighted by Crippen LogP contribution is -2.32. The molecule has 2 rings (SSSR count). The van der Waals surface area contributed by atoms with Gasteiger partial charge in [-0.1, -0.05) is 6.42 Å². The summed E-state index contributed by atoms with van der Waals surface area (Å²) >= 11 is 0. The van der Waals surface area contributed by atoms with Gasteiger partial charge in [-0.2, -0.15) is 5.10 Å². The molecule has 1 fully saturated rings. The number of rotatable bonds is 4. The maximum Gasteiger partial charge on any atom is 0.273 e. The van der Waals surface area contributed by atoms with E-state index in [-0.39, 0.29) is 16.3 Å². The highest BCUT2D eigenvalue weighted by molar-refractivity contribution is 8.13. The molecule has 1 aromatic heterocycles. The van der Waals surface area contributed by atoms with Crippen molar-refractivity contribution >= 4 is 25.6 Å². The van der Waals surface area contributed by atoms with Crippen molar-refractivity contribution in [3.05, 3.63) is 11.4 Å². The van der Waals surface area contributed by atoms with Gasteiger partial charge in [-0.05, 0) is 25.7 Å². The first-order valence-electron chi connectivity index (χ1n) is 5.67. The van der Waals surface area contributed by atoms with Crippen molar-refractivity contribution in [3.63, 3.8) is 0 Å². The second-order valence-corrected chi connectivity index (χ2v) is 6.97. The zero-order valence-electron chi connectivity index (χ0n) is 9.86. The summed E-state index contributed by atoms with van der Waals surface area (Å²) in [6, 6.07) is 0. The van der Waals surface area contributed by atoms with Gasteiger partial charge in [0, 0.05) is 17.2 Å². The minimum absolute atomic E-state index is 0.165. The molecule has 1 aliphatic carbocycles. The molecule has 0 spiro atoms. The summed E-state index contributed by atoms with van der Waals surface area (Å²) in [5, 5.41) is 8.85. The van der Waals surface area contributed by atoms with Crippen LogP contribution in [0.2, 0.25) is 0 Å². The number of H-pyrrole nitrogens is 1. The number of nitrogens with zero attached hydrogens (tertiary/aromatic N) is 1. The minimum Gasteiger partial charge on any atom is -0.350 e. The van der Waals surface area contributed by atoms with Crippen LogP contribution in [0.4, 0.5) is 0 Å². The molecule has 0 aromatic carbocycles. The second-order valence-electron chi connectivity index (χ2n) is 4.47. The molecule has 0 aliphatic heterocycles. The molecule has 100 valence electrons. The van der Waals surface area contributed by atoms with Crippen LogP contribution in [0.5, 0.6) is 0 Å². The molecule has 18 heavy (non-hydrogen) atoms. The summed E-state index contributed by atoms with van der Waals surface area (Å²) in [7, 11) is 1.31. The van der Waals surface area contributed by atoms with Crippen molar-refractivity contribution in [2.75, 3.05) is 6.54 Å². The number of halogens is 1. The third kappa shape index (κ3) is 2.67. The molecule has 6 nitrogen and oxygen atoms in total. The molecule has 0 atom stereocenters. The molecule has 0 radical (unpaired) electrons. The summed E-state index contributed by atoms with van der Waals surface area (Å²) in [5.74, 6) is -0.0180. The summed E-state index contributed by atoms with van der Waals surface area (Å²) in [6.07, 6.45) is 3.38. The van der Waals surface area contributed by atoms with Crippen LogP contribution in [-0.2, 0) is 9.05 Å². The van der Waals surface area contributed by atoms with Crippen LogP contribution in [0.1, 0.15) is 35.4 Å². The maximum atomic E-state index is 11.9. The van der Waals surface area contributed by atoms with E-state index in [2.05, 4.69) is 15.5 Å². The Bertz CT molecular complexity index is 563. The van der Waals surface area contributed by atoms with Crippen LogP contribution >= 0.6 is 10.7 Å². The highest BCUT2D eigenvalue weighted by Gasteiger charge is 2.27. The van der Waals surface area contributed by atoms with Crippen LogP contribution in [0.15, 0.2) is 4.90 Å². The number of amides is 1. The van der Waals surface area contributed by atoms with Gasteiger partial charge in [0.15, 0.2) is 5.69 Å². The Hall–Kier alpha value is -1.08. The first-order chi connectivity index (χ1) is 8.39. The van der Waals surface area contributed by atoms with E-state index in [1.54, 1.807) is 0 Å². The lowest BCUT2D eigenvalue weighted by molar-refractivity contribution is 0.0930. The average Bonchev–Trinajstić information content (AvgIpc) is 2.57. The Morgan fingerprint density at radius 3 is 2.72 bits per heavy atom. The quantitative estimate of drug-likeness (QED) is 0.815. The van der Waals surface area contributed by atoms with Gasteiger partial charge < -0.3 is 5.32 Å². The number of nitrogens with one attached hydrogen (secondary N) is 2. The highest BCUT2D eigenvalue weighted by Crippen LogP contribution is 2.26. The fourth-order valence-electron chi connectivity index (χ4n) is 1.89. The minimum atomic E-state index is -3.98. The van der Waals surface area contributed by atoms with Gasteiger partial charge in [-0.15, -0.1) is 0 Å². The van der Waals surface area contributed by atoms with Gasteiger partial charge in [0.1, 0.15) is 4.90 Å². The number of hydrogen-bond acceptors (Lipinski definition) is 4. The molecule has 1 aliphatic rings. The fourth-order valence-corrected chi connectivity index (χ4v) is 3.24. The SMILES string of the molecule is Cc1[nH]nc(C(=O)NCC2CCC2)c1S(=O)(=O)Cl. The Labute approximate surface area is 110 Å². The number of hydrogen-bond donors (Lipinski definition) is 2. The molecule has 0 saturated heterocycles. The molecule has 1 amide bonds. The molecule has 2 N–H and O–H groups in total. The van der Waals surface area contributed by atoms with Gasteiger partial charge in [0.2, 0.25) is 0 Å². The summed E-state index contributed by atoms with van der Waals surface area (Å²) < 4.78 is 22.7. The third-order valence-electron chi connectivity index (χ3n) is 3.13. The van der Waals surface area contributed by atoms with Gasteiger partial charge >= 0.3 is 0 Å². The van der Waals surface area contributed by atoms with Crippen molar-refractivity contribution in [1.29, 1.82) is 0 Å². The number of carbonyl (C=O) groups is 1. The second kappa shape index (κ2) is 4.89. The first kappa shape index (κ1) is 13.4. The van der Waals surface area contributed by atoms with Crippen LogP contribution < -0.4 is 5.32 Å². The smallest absolute Gasteiger partial charge is 0.273 e. The predicted octanol–water partition coefficient (Wildman–Crippen LogP) is 1.18. The highest BCUT2D eigenvalue weighted by atomic mass is 35.7. The predicted molar refractivity (Wildman–Crippen MR) is 66.0 cm³/mol. The van der Waals surface area contributed by atoms with E-state index in [1.165, 1.54) is 13.3 Å². The van der Waals surface area contributed by atoms with Crippen molar-refractivity contribution in [3.8, 4) is 0 Å². The average molecular weight is 292 g/mol. The maximum absolute atomic E-state index is 11.9. The van der Waals surface area contributed by atoms with E-state index in [4.69, 9.17) is 10.7 Å². The van der Waals surface area contributed by atoms with Gasteiger partial charge in [-0.3, -0.25) is 9.89 Å². The van der Waals surface area contributed by atoms with E-state index in [0.717, 1.165) is 12.8 Å². The topological polar surface area (TPSA) is 91.9 Å². The van der Waals surface area contributed by atoms with Gasteiger partial charge in [-0.25, -0.2) is 8.42 Å². The molecule has 0 unspecified atom stereocenters. The molecule has 8 heteroatoms.